The second-order valence-corrected chi connectivity index (χ2v) is 59.7. The smallest absolute Gasteiger partial charge is 0.0460 e. The number of benzene rings is 2. The van der Waals surface area contributed by atoms with Gasteiger partial charge < -0.3 is 9.80 Å². The lowest BCUT2D eigenvalue weighted by Crippen LogP contribution is -2.87. The second-order valence-electron chi connectivity index (χ2n) is 59.7. The van der Waals surface area contributed by atoms with Gasteiger partial charge in [-0.25, -0.2) is 0 Å². The highest BCUT2D eigenvalue weighted by molar-refractivity contribution is 5.63. The third-order valence-electron chi connectivity index (χ3n) is 40.3. The Balaban J connectivity index is 0.000000563. The normalized spacial score (nSPS) is 21.8. The third-order valence-corrected chi connectivity index (χ3v) is 40.3. The van der Waals surface area contributed by atoms with Gasteiger partial charge in [0.1, 0.15) is 0 Å². The molecule has 3 aliphatic heterocycles. The molecule has 0 bridgehead atoms. The maximum atomic E-state index is 4.72. The molecule has 0 amide bonds. The van der Waals surface area contributed by atoms with E-state index in [1.54, 1.807) is 0 Å². The number of nitrogens with zero attached hydrogens (tertiary/aromatic N) is 9. The molecule has 8 aliphatic rings. The standard InChI is InChI=1S/C21H44N2.C18H31N.C14H27N.2C14H29N.C14H28.C13H21N.C12H19N.C10H21N.C10H20/c1-13-20(14-2)18(8,9)23(17(5,6)7)19(10,11)21(15-3,16-4)22(20)12;1-12(2)16-10-9-11-17(13(3)4)18(16)19(14(5)6)15(7)8;1-2-15(13-9-5-3-6-10-13)14-11-7-4-8-12-14;1-13(2,3)15(14(4,5)6)12-10-8-7-9-11-12;1-6-13(7-2)11-10-12-14(8-3,9-4)15(13)5;1-5-13(6-2)10-9-11-14(7-3,8-4)12-13;1-12(2,3)10-8-7-9-11(14-10)13(4,5)6;1-10(2)13(11(3)4)12-8-6-5-7-9-12;1-9(2)7-6-8-10(3,4)11(9)5;1-9(2)6-5-7-10(3,4)8-9/h13-16H2,1-12H3;9-15H,1-8H3;13-14H,2-12H2,1H3;12H,7-11H2,1-6H3;6-12H2,1-5H3;5-12H2,1-4H3;7-9H,1-6H3;5-11H,1-4H3;6-8H2,1-5H3;5-8H2,1-4H3. The number of likely N-dealkylation sites (N-methyl/N-ethyl adjacent to an activating group) is 1. The van der Waals surface area contributed by atoms with E-state index in [0.29, 0.717) is 90.9 Å². The summed E-state index contributed by atoms with van der Waals surface area (Å²) in [5.74, 6) is 1.13. The Morgan fingerprint density at radius 3 is 0.886 bits per heavy atom. The van der Waals surface area contributed by atoms with Gasteiger partial charge in [-0.3, -0.25) is 34.4 Å². The first-order chi connectivity index (χ1) is 68.5. The molecule has 0 radical (unpaired) electrons. The van der Waals surface area contributed by atoms with Gasteiger partial charge in [0.2, 0.25) is 0 Å². The van der Waals surface area contributed by atoms with Crippen molar-refractivity contribution in [3.63, 3.8) is 0 Å². The van der Waals surface area contributed by atoms with E-state index in [2.05, 4.69) is 487 Å². The number of piperazine rings is 1. The molecule has 0 N–H and O–H groups in total. The highest BCUT2D eigenvalue weighted by Crippen LogP contribution is 2.59. The van der Waals surface area contributed by atoms with E-state index >= 15 is 0 Å². The molecule has 0 unspecified atom stereocenters. The largest absolute Gasteiger partial charge is 0.367 e. The average molecular weight is 2080 g/mol. The summed E-state index contributed by atoms with van der Waals surface area (Å²) in [7, 11) is 7.03. The molecular formula is C140H269N9. The van der Waals surface area contributed by atoms with E-state index in [1.807, 2.05) is 0 Å². The Morgan fingerprint density at radius 2 is 0.624 bits per heavy atom. The minimum absolute atomic E-state index is 0.112. The van der Waals surface area contributed by atoms with Crippen LogP contribution in [-0.2, 0) is 10.8 Å². The van der Waals surface area contributed by atoms with Crippen LogP contribution in [0.15, 0.2) is 66.7 Å². The highest BCUT2D eigenvalue weighted by Gasteiger charge is 2.68. The number of hydrogen-bond acceptors (Lipinski definition) is 9. The van der Waals surface area contributed by atoms with Crippen molar-refractivity contribution >= 4 is 11.4 Å². The molecule has 874 valence electrons. The lowest BCUT2D eigenvalue weighted by Gasteiger charge is -2.76. The summed E-state index contributed by atoms with van der Waals surface area (Å²) in [6.45, 7) is 123. The summed E-state index contributed by atoms with van der Waals surface area (Å²) in [6, 6.07) is 28.5. The van der Waals surface area contributed by atoms with Gasteiger partial charge in [-0.2, -0.15) is 0 Å². The molecule has 9 nitrogen and oxygen atoms in total. The molecule has 9 heteroatoms. The number of piperidine rings is 2. The molecule has 11 rings (SSSR count). The molecule has 0 spiro atoms. The zero-order valence-corrected chi connectivity index (χ0v) is 112. The van der Waals surface area contributed by atoms with Crippen molar-refractivity contribution in [2.24, 2.45) is 21.7 Å². The summed E-state index contributed by atoms with van der Waals surface area (Å²) in [6.07, 6.45) is 57.4. The molecule has 149 heavy (non-hydrogen) atoms. The first kappa shape index (κ1) is 142. The second kappa shape index (κ2) is 61.0. The van der Waals surface area contributed by atoms with Crippen molar-refractivity contribution in [2.45, 2.75) is 749 Å². The summed E-state index contributed by atoms with van der Waals surface area (Å²) in [5.41, 5.74) is 14.1. The van der Waals surface area contributed by atoms with Gasteiger partial charge >= 0.3 is 0 Å². The predicted octanol–water partition coefficient (Wildman–Crippen LogP) is 42.1. The monoisotopic (exact) mass is 2080 g/mol. The fourth-order valence-electron chi connectivity index (χ4n) is 32.2. The van der Waals surface area contributed by atoms with Crippen LogP contribution in [0.1, 0.15) is 658 Å². The van der Waals surface area contributed by atoms with Gasteiger partial charge in [-0.05, 0) is 437 Å². The molecule has 3 saturated heterocycles. The molecule has 1 aromatic heterocycles. The van der Waals surface area contributed by atoms with E-state index < -0.39 is 0 Å². The number of para-hydroxylation sites is 2. The van der Waals surface area contributed by atoms with Crippen LogP contribution in [0, 0.1) is 21.7 Å². The molecule has 4 heterocycles. The third kappa shape index (κ3) is 39.2. The summed E-state index contributed by atoms with van der Waals surface area (Å²) in [4.78, 5) is 26.2. The molecule has 8 fully saturated rings. The van der Waals surface area contributed by atoms with Crippen molar-refractivity contribution in [2.75, 3.05) is 37.5 Å². The quantitative estimate of drug-likeness (QED) is 0.0872. The van der Waals surface area contributed by atoms with E-state index in [-0.39, 0.29) is 38.5 Å². The minimum Gasteiger partial charge on any atom is -0.367 e. The van der Waals surface area contributed by atoms with Crippen LogP contribution in [0.3, 0.4) is 0 Å². The molecule has 5 aliphatic carbocycles. The van der Waals surface area contributed by atoms with Crippen molar-refractivity contribution < 1.29 is 0 Å². The Bertz CT molecular complexity index is 3820. The van der Waals surface area contributed by atoms with E-state index in [1.165, 1.54) is 304 Å². The topological polar surface area (TPSA) is 38.8 Å². The first-order valence-electron chi connectivity index (χ1n) is 63.9. The number of anilines is 2. The van der Waals surface area contributed by atoms with Crippen LogP contribution in [0.5, 0.6) is 0 Å². The maximum absolute atomic E-state index is 4.72. The Labute approximate surface area is 937 Å². The lowest BCUT2D eigenvalue weighted by atomic mass is 9.58. The number of pyridine rings is 1. The zero-order chi connectivity index (χ0) is 115. The van der Waals surface area contributed by atoms with Crippen LogP contribution >= 0.6 is 0 Å². The highest BCUT2D eigenvalue weighted by atomic mass is 15.5. The van der Waals surface area contributed by atoms with Crippen molar-refractivity contribution in [3.8, 4) is 0 Å². The Morgan fingerprint density at radius 1 is 0.315 bits per heavy atom. The van der Waals surface area contributed by atoms with Crippen molar-refractivity contribution in [3.05, 3.63) is 89.2 Å². The zero-order valence-electron chi connectivity index (χ0n) is 112. The molecule has 0 atom stereocenters. The fraction of sp³-hybridized carbons (Fsp3) is 0.879. The number of likely N-dealkylation sites (tertiary alicyclic amines) is 2. The summed E-state index contributed by atoms with van der Waals surface area (Å²) >= 11 is 0. The van der Waals surface area contributed by atoms with Gasteiger partial charge in [-0.1, -0.05) is 326 Å². The van der Waals surface area contributed by atoms with E-state index in [9.17, 15) is 0 Å². The van der Waals surface area contributed by atoms with Gasteiger partial charge in [0.15, 0.2) is 0 Å². The predicted molar refractivity (Wildman–Crippen MR) is 675 cm³/mol. The minimum atomic E-state index is 0.112. The van der Waals surface area contributed by atoms with Crippen molar-refractivity contribution in [1.82, 2.24) is 34.4 Å². The Hall–Kier alpha value is -3.05. The van der Waals surface area contributed by atoms with Crippen molar-refractivity contribution in [1.29, 1.82) is 0 Å². The van der Waals surface area contributed by atoms with Crippen LogP contribution in [-0.4, -0.2) is 165 Å². The fourth-order valence-corrected chi connectivity index (χ4v) is 32.2. The van der Waals surface area contributed by atoms with E-state index in [4.69, 9.17) is 4.98 Å². The van der Waals surface area contributed by atoms with Crippen LogP contribution in [0.2, 0.25) is 0 Å². The number of hydrogen-bond donors (Lipinski definition) is 0. The van der Waals surface area contributed by atoms with Gasteiger partial charge in [-0.15, -0.1) is 0 Å². The van der Waals surface area contributed by atoms with Crippen LogP contribution < -0.4 is 9.80 Å². The number of rotatable bonds is 24. The Kier molecular flexibility index (Phi) is 58.1. The first-order valence-corrected chi connectivity index (χ1v) is 63.9. The molecule has 2 aromatic carbocycles. The van der Waals surface area contributed by atoms with E-state index in [0.717, 1.165) is 18.1 Å². The van der Waals surface area contributed by atoms with Crippen LogP contribution in [0.4, 0.5) is 11.4 Å². The van der Waals surface area contributed by atoms with Gasteiger partial charge in [0, 0.05) is 137 Å². The van der Waals surface area contributed by atoms with Gasteiger partial charge in [0.05, 0.1) is 0 Å². The maximum Gasteiger partial charge on any atom is 0.0460 e. The lowest BCUT2D eigenvalue weighted by molar-refractivity contribution is -0.253. The molecular weight excluding hydrogens is 1810 g/mol. The molecule has 5 saturated carbocycles. The summed E-state index contributed by atoms with van der Waals surface area (Å²) < 4.78 is 0. The average Bonchev–Trinajstić information content (AvgIpc) is 0.674. The van der Waals surface area contributed by atoms with Gasteiger partial charge in [0.25, 0.3) is 0 Å². The molecule has 3 aromatic rings. The SMILES string of the molecule is CC(C)(C)N(C1CCCCC1)C(C)(C)C.CC(C)(C)c1cccc(C(C)(C)C)n1.CC(C)N(c1ccccc1)C(C)C.CC(C)c1cccc(C(C)C)c1N(C(C)C)C(C)C.CC1(C)CCCC(C)(C)C1.CCC1(CC)CCCC(CC)(CC)C1.CCC1(CC)CCCC(CC)(CC)N1C.CCC1(CC)N(C)C(CC)(CC)C(C)(C)N(C(C)(C)C)C1(C)C.CCN(C1CCCCC1)C1CCCCC1.CN1C(C)(C)CCCC1(C)C. The van der Waals surface area contributed by atoms with Crippen LogP contribution in [0.25, 0.3) is 0 Å². The summed E-state index contributed by atoms with van der Waals surface area (Å²) in [5, 5.41) is 0. The number of aromatic nitrogens is 1.